The van der Waals surface area contributed by atoms with Crippen molar-refractivity contribution in [3.8, 4) is 5.75 Å². The second-order valence-corrected chi connectivity index (χ2v) is 6.00. The fourth-order valence-electron chi connectivity index (χ4n) is 2.57. The maximum absolute atomic E-state index is 12.1. The van der Waals surface area contributed by atoms with Crippen molar-refractivity contribution in [3.05, 3.63) is 18.2 Å². The molecule has 1 aromatic heterocycles. The average molecular weight is 285 g/mol. The van der Waals surface area contributed by atoms with Gasteiger partial charge < -0.3 is 4.74 Å². The van der Waals surface area contributed by atoms with Crippen molar-refractivity contribution in [3.63, 3.8) is 0 Å². The molecule has 112 valence electrons. The molecule has 0 amide bonds. The van der Waals surface area contributed by atoms with Gasteiger partial charge >= 0.3 is 0 Å². The summed E-state index contributed by atoms with van der Waals surface area (Å²) in [6.45, 7) is 6.92. The van der Waals surface area contributed by atoms with Crippen LogP contribution in [0.25, 0.3) is 0 Å². The van der Waals surface area contributed by atoms with Crippen LogP contribution < -0.4 is 4.74 Å². The van der Waals surface area contributed by atoms with E-state index < -0.39 is 13.0 Å². The van der Waals surface area contributed by atoms with Gasteiger partial charge in [-0.25, -0.2) is 18.7 Å². The van der Waals surface area contributed by atoms with E-state index in [0.717, 1.165) is 25.2 Å². The van der Waals surface area contributed by atoms with Gasteiger partial charge in [0.15, 0.2) is 5.75 Å². The van der Waals surface area contributed by atoms with Crippen molar-refractivity contribution in [1.82, 2.24) is 14.9 Å². The third-order valence-corrected chi connectivity index (χ3v) is 3.44. The Kier molecular flexibility index (Phi) is 4.52. The van der Waals surface area contributed by atoms with E-state index in [1.54, 1.807) is 0 Å². The quantitative estimate of drug-likeness (QED) is 0.852. The first kappa shape index (κ1) is 15.1. The predicted molar refractivity (Wildman–Crippen MR) is 72.0 cm³/mol. The highest BCUT2D eigenvalue weighted by Crippen LogP contribution is 2.35. The molecule has 1 fully saturated rings. The van der Waals surface area contributed by atoms with Crippen LogP contribution in [-0.2, 0) is 0 Å². The lowest BCUT2D eigenvalue weighted by Gasteiger charge is -2.36. The third kappa shape index (κ3) is 3.62. The number of hydrogen-bond donors (Lipinski definition) is 0. The Balaban J connectivity index is 2.06. The third-order valence-electron chi connectivity index (χ3n) is 3.44. The summed E-state index contributed by atoms with van der Waals surface area (Å²) in [5.74, 6) is 1.02. The van der Waals surface area contributed by atoms with Crippen LogP contribution in [0, 0.1) is 0 Å². The number of halogens is 2. The van der Waals surface area contributed by atoms with E-state index >= 15 is 0 Å². The van der Waals surface area contributed by atoms with Crippen LogP contribution in [0.5, 0.6) is 5.75 Å². The van der Waals surface area contributed by atoms with E-state index in [-0.39, 0.29) is 17.3 Å². The van der Waals surface area contributed by atoms with Gasteiger partial charge in [0.2, 0.25) is 0 Å². The second-order valence-electron chi connectivity index (χ2n) is 6.00. The van der Waals surface area contributed by atoms with E-state index in [2.05, 4.69) is 35.6 Å². The van der Waals surface area contributed by atoms with Gasteiger partial charge in [-0.05, 0) is 40.2 Å². The molecule has 0 bridgehead atoms. The van der Waals surface area contributed by atoms with Gasteiger partial charge in [-0.2, -0.15) is 0 Å². The number of nitrogens with zero attached hydrogens (tertiary/aromatic N) is 3. The summed E-state index contributed by atoms with van der Waals surface area (Å²) in [5, 5.41) is 0. The molecule has 1 atom stereocenters. The van der Waals surface area contributed by atoms with Crippen LogP contribution in [0.2, 0.25) is 0 Å². The van der Waals surface area contributed by atoms with Crippen LogP contribution in [-0.4, -0.2) is 40.0 Å². The summed E-state index contributed by atoms with van der Waals surface area (Å²) < 4.78 is 29.0. The largest absolute Gasteiger partial charge is 0.484 e. The molecule has 6 heteroatoms. The molecule has 20 heavy (non-hydrogen) atoms. The van der Waals surface area contributed by atoms with Crippen molar-refractivity contribution in [2.45, 2.75) is 51.6 Å². The monoisotopic (exact) mass is 285 g/mol. The molecule has 1 aliphatic heterocycles. The molecule has 0 spiro atoms. The minimum Gasteiger partial charge on any atom is -0.484 e. The fourth-order valence-corrected chi connectivity index (χ4v) is 2.57. The Hall–Kier alpha value is -1.30. The molecule has 1 saturated heterocycles. The zero-order chi connectivity index (χ0) is 14.8. The van der Waals surface area contributed by atoms with Crippen LogP contribution in [0.4, 0.5) is 8.78 Å². The lowest BCUT2D eigenvalue weighted by atomic mass is 10.0. The summed E-state index contributed by atoms with van der Waals surface area (Å²) in [5.41, 5.74) is 0.0649. The van der Waals surface area contributed by atoms with Gasteiger partial charge in [0.1, 0.15) is 12.4 Å². The van der Waals surface area contributed by atoms with Gasteiger partial charge in [0, 0.05) is 5.54 Å². The maximum atomic E-state index is 12.1. The molecule has 4 nitrogen and oxygen atoms in total. The smallest absolute Gasteiger partial charge is 0.272 e. The van der Waals surface area contributed by atoms with Crippen LogP contribution in [0.3, 0.4) is 0 Å². The standard InChI is InChI=1S/C14H21F2N3O/c1-14(2,3)19-6-4-5-11(19)13-17-7-10(8-18-13)20-9-12(15)16/h7-8,11-12H,4-6,9H2,1-3H3. The molecule has 0 aromatic carbocycles. The normalized spacial score (nSPS) is 20.6. The number of rotatable bonds is 4. The van der Waals surface area contributed by atoms with E-state index in [1.165, 1.54) is 12.4 Å². The molecule has 1 unspecified atom stereocenters. The van der Waals surface area contributed by atoms with Gasteiger partial charge in [-0.3, -0.25) is 4.90 Å². The van der Waals surface area contributed by atoms with E-state index in [1.807, 2.05) is 0 Å². The van der Waals surface area contributed by atoms with Gasteiger partial charge in [-0.1, -0.05) is 0 Å². The first-order chi connectivity index (χ1) is 9.38. The summed E-state index contributed by atoms with van der Waals surface area (Å²) in [6, 6.07) is 0.194. The van der Waals surface area contributed by atoms with Crippen LogP contribution >= 0.6 is 0 Å². The lowest BCUT2D eigenvalue weighted by Crippen LogP contribution is -2.41. The first-order valence-electron chi connectivity index (χ1n) is 6.87. The molecule has 0 N–H and O–H groups in total. The Morgan fingerprint density at radius 2 is 2.00 bits per heavy atom. The van der Waals surface area contributed by atoms with E-state index in [9.17, 15) is 8.78 Å². The topological polar surface area (TPSA) is 38.2 Å². The van der Waals surface area contributed by atoms with E-state index in [4.69, 9.17) is 4.74 Å². The molecule has 1 aromatic rings. The van der Waals surface area contributed by atoms with Crippen molar-refractivity contribution in [1.29, 1.82) is 0 Å². The summed E-state index contributed by atoms with van der Waals surface area (Å²) in [7, 11) is 0. The summed E-state index contributed by atoms with van der Waals surface area (Å²) in [4.78, 5) is 10.9. The summed E-state index contributed by atoms with van der Waals surface area (Å²) >= 11 is 0. The number of ether oxygens (including phenoxy) is 1. The molecular formula is C14H21F2N3O. The highest BCUT2D eigenvalue weighted by Gasteiger charge is 2.35. The predicted octanol–water partition coefficient (Wildman–Crippen LogP) is 3.06. The van der Waals surface area contributed by atoms with Crippen LogP contribution in [0.15, 0.2) is 12.4 Å². The zero-order valence-electron chi connectivity index (χ0n) is 12.1. The minimum absolute atomic E-state index is 0.0649. The molecule has 2 rings (SSSR count). The summed E-state index contributed by atoms with van der Waals surface area (Å²) in [6.07, 6.45) is 2.61. The number of hydrogen-bond acceptors (Lipinski definition) is 4. The van der Waals surface area contributed by atoms with Crippen molar-refractivity contribution in [2.24, 2.45) is 0 Å². The molecular weight excluding hydrogens is 264 g/mol. The number of aromatic nitrogens is 2. The lowest BCUT2D eigenvalue weighted by molar-refractivity contribution is 0.0812. The average Bonchev–Trinajstić information content (AvgIpc) is 2.86. The van der Waals surface area contributed by atoms with Gasteiger partial charge in [0.05, 0.1) is 18.4 Å². The van der Waals surface area contributed by atoms with Crippen molar-refractivity contribution >= 4 is 0 Å². The number of likely N-dealkylation sites (tertiary alicyclic amines) is 1. The second kappa shape index (κ2) is 5.99. The Morgan fingerprint density at radius 3 is 2.55 bits per heavy atom. The molecule has 0 saturated carbocycles. The van der Waals surface area contributed by atoms with E-state index in [0.29, 0.717) is 0 Å². The molecule has 2 heterocycles. The van der Waals surface area contributed by atoms with Crippen LogP contribution in [0.1, 0.15) is 45.5 Å². The molecule has 0 radical (unpaired) electrons. The van der Waals surface area contributed by atoms with Crippen molar-refractivity contribution < 1.29 is 13.5 Å². The molecule has 1 aliphatic rings. The maximum Gasteiger partial charge on any atom is 0.272 e. The Morgan fingerprint density at radius 1 is 1.35 bits per heavy atom. The fraction of sp³-hybridized carbons (Fsp3) is 0.714. The SMILES string of the molecule is CC(C)(C)N1CCCC1c1ncc(OCC(F)F)cn1. The Labute approximate surface area is 118 Å². The molecule has 0 aliphatic carbocycles. The van der Waals surface area contributed by atoms with Gasteiger partial charge in [0.25, 0.3) is 6.43 Å². The van der Waals surface area contributed by atoms with Gasteiger partial charge in [-0.15, -0.1) is 0 Å². The zero-order valence-corrected chi connectivity index (χ0v) is 12.1. The Bertz CT molecular complexity index is 431. The highest BCUT2D eigenvalue weighted by molar-refractivity contribution is 5.14. The van der Waals surface area contributed by atoms with Crippen molar-refractivity contribution in [2.75, 3.05) is 13.2 Å². The highest BCUT2D eigenvalue weighted by atomic mass is 19.3. The number of alkyl halides is 2. The minimum atomic E-state index is -2.49. The first-order valence-corrected chi connectivity index (χ1v) is 6.87.